The fourth-order valence-corrected chi connectivity index (χ4v) is 3.62. The summed E-state index contributed by atoms with van der Waals surface area (Å²) in [5, 5.41) is 20.4. The van der Waals surface area contributed by atoms with E-state index >= 15 is 0 Å². The summed E-state index contributed by atoms with van der Waals surface area (Å²) in [6.07, 6.45) is 1.00. The van der Waals surface area contributed by atoms with Crippen molar-refractivity contribution in [2.45, 2.75) is 53.0 Å². The first-order valence-corrected chi connectivity index (χ1v) is 8.44. The van der Waals surface area contributed by atoms with Crippen LogP contribution in [0, 0.1) is 5.41 Å². The predicted molar refractivity (Wildman–Crippen MR) is 93.0 cm³/mol. The van der Waals surface area contributed by atoms with Crippen molar-refractivity contribution in [2.24, 2.45) is 5.41 Å². The van der Waals surface area contributed by atoms with Crippen molar-refractivity contribution in [3.63, 3.8) is 0 Å². The number of aromatic hydroxyl groups is 2. The maximum atomic E-state index is 10.2. The molecule has 23 heavy (non-hydrogen) atoms. The predicted octanol–water partition coefficient (Wildman–Crippen LogP) is 3.64. The molecule has 0 bridgehead atoms. The fourth-order valence-electron chi connectivity index (χ4n) is 3.62. The largest absolute Gasteiger partial charge is 0.504 e. The van der Waals surface area contributed by atoms with Gasteiger partial charge < -0.3 is 14.9 Å². The molecule has 0 amide bonds. The Balaban J connectivity index is 2.27. The number of nitrogens with zero attached hydrogens (tertiary/aromatic N) is 1. The molecule has 0 atom stereocenters. The summed E-state index contributed by atoms with van der Waals surface area (Å²) >= 11 is 0. The molecule has 0 saturated carbocycles. The molecule has 1 aromatic carbocycles. The van der Waals surface area contributed by atoms with Crippen molar-refractivity contribution < 1.29 is 14.9 Å². The molecule has 0 unspecified atom stereocenters. The van der Waals surface area contributed by atoms with Gasteiger partial charge in [0.05, 0.1) is 13.2 Å². The first-order valence-electron chi connectivity index (χ1n) is 8.44. The second kappa shape index (κ2) is 6.70. The van der Waals surface area contributed by atoms with Gasteiger partial charge in [-0.2, -0.15) is 0 Å². The lowest BCUT2D eigenvalue weighted by Gasteiger charge is -2.34. The molecule has 1 aliphatic rings. The molecule has 2 N–H and O–H groups in total. The van der Waals surface area contributed by atoms with E-state index in [4.69, 9.17) is 4.74 Å². The lowest BCUT2D eigenvalue weighted by atomic mass is 9.72. The highest BCUT2D eigenvalue weighted by molar-refractivity contribution is 5.49. The summed E-state index contributed by atoms with van der Waals surface area (Å²) < 4.78 is 5.37. The quantitative estimate of drug-likeness (QED) is 0.831. The molecule has 130 valence electrons. The molecule has 1 aliphatic heterocycles. The zero-order chi connectivity index (χ0) is 17.3. The average molecular weight is 321 g/mol. The summed E-state index contributed by atoms with van der Waals surface area (Å²) in [6, 6.07) is 3.76. The van der Waals surface area contributed by atoms with E-state index in [1.807, 2.05) is 0 Å². The van der Waals surface area contributed by atoms with Crippen molar-refractivity contribution in [3.05, 3.63) is 23.3 Å². The van der Waals surface area contributed by atoms with Gasteiger partial charge in [-0.3, -0.25) is 4.90 Å². The van der Waals surface area contributed by atoms with Gasteiger partial charge in [0.1, 0.15) is 0 Å². The molecule has 2 rings (SSSR count). The van der Waals surface area contributed by atoms with Gasteiger partial charge in [0, 0.05) is 25.2 Å². The first-order chi connectivity index (χ1) is 10.6. The van der Waals surface area contributed by atoms with Gasteiger partial charge in [-0.1, -0.05) is 34.6 Å². The molecule has 1 aromatic rings. The molecular weight excluding hydrogens is 290 g/mol. The third-order valence-electron chi connectivity index (χ3n) is 4.42. The van der Waals surface area contributed by atoms with Gasteiger partial charge >= 0.3 is 0 Å². The van der Waals surface area contributed by atoms with Gasteiger partial charge in [-0.25, -0.2) is 0 Å². The average Bonchev–Trinajstić information content (AvgIpc) is 2.42. The van der Waals surface area contributed by atoms with Gasteiger partial charge in [0.25, 0.3) is 0 Å². The smallest absolute Gasteiger partial charge is 0.162 e. The van der Waals surface area contributed by atoms with Crippen LogP contribution in [0.15, 0.2) is 12.1 Å². The van der Waals surface area contributed by atoms with E-state index in [0.29, 0.717) is 6.54 Å². The van der Waals surface area contributed by atoms with Crippen LogP contribution in [0.3, 0.4) is 0 Å². The minimum atomic E-state index is -0.0663. The highest BCUT2D eigenvalue weighted by Gasteiger charge is 2.29. The summed E-state index contributed by atoms with van der Waals surface area (Å²) in [5.74, 6) is -0.0143. The second-order valence-corrected chi connectivity index (χ2v) is 8.51. The summed E-state index contributed by atoms with van der Waals surface area (Å²) in [4.78, 5) is 2.25. The summed E-state index contributed by atoms with van der Waals surface area (Å²) in [6.45, 7) is 14.9. The standard InChI is InChI=1S/C19H31NO3/c1-18(2,3)13-19(4,5)15-10-14(17(22)16(21)11-15)12-20-6-8-23-9-7-20/h10-11,21-22H,6-9,12-13H2,1-5H3. The second-order valence-electron chi connectivity index (χ2n) is 8.51. The number of rotatable bonds is 4. The molecule has 4 nitrogen and oxygen atoms in total. The highest BCUT2D eigenvalue weighted by Crippen LogP contribution is 2.41. The van der Waals surface area contributed by atoms with Crippen LogP contribution >= 0.6 is 0 Å². The minimum Gasteiger partial charge on any atom is -0.504 e. The Labute approximate surface area is 140 Å². The number of ether oxygens (including phenoxy) is 1. The maximum absolute atomic E-state index is 10.2. The Morgan fingerprint density at radius 3 is 2.22 bits per heavy atom. The SMILES string of the molecule is CC(C)(C)CC(C)(C)c1cc(O)c(O)c(CN2CCOCC2)c1. The molecule has 0 spiro atoms. The van der Waals surface area contributed by atoms with Crippen LogP contribution in [0.1, 0.15) is 52.2 Å². The van der Waals surface area contributed by atoms with Gasteiger partial charge in [0.15, 0.2) is 11.5 Å². The number of hydrogen-bond donors (Lipinski definition) is 2. The topological polar surface area (TPSA) is 52.9 Å². The van der Waals surface area contributed by atoms with E-state index in [-0.39, 0.29) is 22.3 Å². The van der Waals surface area contributed by atoms with Crippen LogP contribution in [0.2, 0.25) is 0 Å². The van der Waals surface area contributed by atoms with Crippen LogP contribution in [0.4, 0.5) is 0 Å². The lowest BCUT2D eigenvalue weighted by Crippen LogP contribution is -2.35. The molecule has 0 aliphatic carbocycles. The van der Waals surface area contributed by atoms with Crippen LogP contribution in [0.25, 0.3) is 0 Å². The Hall–Kier alpha value is -1.26. The molecule has 0 radical (unpaired) electrons. The van der Waals surface area contributed by atoms with Crippen molar-refractivity contribution >= 4 is 0 Å². The minimum absolute atomic E-state index is 0.00630. The Bertz CT molecular complexity index is 540. The van der Waals surface area contributed by atoms with Crippen molar-refractivity contribution in [3.8, 4) is 11.5 Å². The van der Waals surface area contributed by atoms with Crippen molar-refractivity contribution in [1.82, 2.24) is 4.90 Å². The van der Waals surface area contributed by atoms with E-state index in [1.165, 1.54) is 0 Å². The van der Waals surface area contributed by atoms with Crippen LogP contribution in [-0.2, 0) is 16.7 Å². The van der Waals surface area contributed by atoms with E-state index in [9.17, 15) is 10.2 Å². The summed E-state index contributed by atoms with van der Waals surface area (Å²) in [7, 11) is 0. The molecular formula is C19H31NO3. The van der Waals surface area contributed by atoms with E-state index in [1.54, 1.807) is 6.07 Å². The first kappa shape index (κ1) is 18.1. The third kappa shape index (κ3) is 4.85. The Morgan fingerprint density at radius 1 is 1.04 bits per heavy atom. The van der Waals surface area contributed by atoms with E-state index < -0.39 is 0 Å². The number of phenolic OH excluding ortho intramolecular Hbond substituents is 2. The Morgan fingerprint density at radius 2 is 1.65 bits per heavy atom. The normalized spacial score (nSPS) is 17.4. The zero-order valence-corrected chi connectivity index (χ0v) is 15.1. The van der Waals surface area contributed by atoms with E-state index in [2.05, 4.69) is 45.6 Å². The van der Waals surface area contributed by atoms with Crippen molar-refractivity contribution in [1.29, 1.82) is 0 Å². The Kier molecular flexibility index (Phi) is 5.27. The monoisotopic (exact) mass is 321 g/mol. The lowest BCUT2D eigenvalue weighted by molar-refractivity contribution is 0.0338. The zero-order valence-electron chi connectivity index (χ0n) is 15.1. The molecule has 4 heteroatoms. The van der Waals surface area contributed by atoms with Crippen LogP contribution in [-0.4, -0.2) is 41.4 Å². The van der Waals surface area contributed by atoms with Crippen LogP contribution in [0.5, 0.6) is 11.5 Å². The number of benzene rings is 1. The molecule has 1 heterocycles. The van der Waals surface area contributed by atoms with E-state index in [0.717, 1.165) is 43.9 Å². The number of morpholine rings is 1. The van der Waals surface area contributed by atoms with Gasteiger partial charge in [-0.15, -0.1) is 0 Å². The van der Waals surface area contributed by atoms with Gasteiger partial charge in [-0.05, 0) is 34.9 Å². The molecule has 1 fully saturated rings. The highest BCUT2D eigenvalue weighted by atomic mass is 16.5. The summed E-state index contributed by atoms with van der Waals surface area (Å²) in [5.41, 5.74) is 2.00. The number of phenols is 2. The third-order valence-corrected chi connectivity index (χ3v) is 4.42. The molecule has 1 saturated heterocycles. The number of hydrogen-bond acceptors (Lipinski definition) is 4. The van der Waals surface area contributed by atoms with Crippen LogP contribution < -0.4 is 0 Å². The maximum Gasteiger partial charge on any atom is 0.162 e. The van der Waals surface area contributed by atoms with Gasteiger partial charge in [0.2, 0.25) is 0 Å². The van der Waals surface area contributed by atoms with Crippen molar-refractivity contribution in [2.75, 3.05) is 26.3 Å². The fraction of sp³-hybridized carbons (Fsp3) is 0.684. The molecule has 0 aromatic heterocycles.